The van der Waals surface area contributed by atoms with Gasteiger partial charge in [-0.05, 0) is 22.8 Å². The Labute approximate surface area is 100 Å². The van der Waals surface area contributed by atoms with Crippen LogP contribution >= 0.6 is 0 Å². The lowest BCUT2D eigenvalue weighted by atomic mass is 10.0. The molecule has 2 aromatic rings. The van der Waals surface area contributed by atoms with Crippen LogP contribution in [-0.2, 0) is 11.2 Å². The highest BCUT2D eigenvalue weighted by molar-refractivity contribution is 5.83. The molecule has 88 valence electrons. The van der Waals surface area contributed by atoms with Gasteiger partial charge in [-0.2, -0.15) is 0 Å². The van der Waals surface area contributed by atoms with Crippen LogP contribution in [-0.4, -0.2) is 11.9 Å². The maximum Gasteiger partial charge on any atom is 0.218 e. The van der Waals surface area contributed by atoms with Crippen LogP contribution in [0.5, 0.6) is 0 Å². The van der Waals surface area contributed by atoms with Crippen molar-refractivity contribution in [3.8, 4) is 0 Å². The van der Waals surface area contributed by atoms with Gasteiger partial charge in [0.1, 0.15) is 0 Å². The molecule has 0 heterocycles. The minimum absolute atomic E-state index is 0.200. The fourth-order valence-electron chi connectivity index (χ4n) is 2.00. The summed E-state index contributed by atoms with van der Waals surface area (Å²) in [6, 6.07) is 14.2. The summed E-state index contributed by atoms with van der Waals surface area (Å²) in [4.78, 5) is 10.8. The average Bonchev–Trinajstić information content (AvgIpc) is 2.27. The van der Waals surface area contributed by atoms with Crippen LogP contribution in [0.15, 0.2) is 42.5 Å². The van der Waals surface area contributed by atoms with Crippen molar-refractivity contribution >= 4 is 16.7 Å². The number of hydrogen-bond acceptors (Lipinski definition) is 2. The predicted molar refractivity (Wildman–Crippen MR) is 69.4 cm³/mol. The fourth-order valence-corrected chi connectivity index (χ4v) is 2.00. The molecular formula is C14H16N2O. The molecule has 0 aromatic heterocycles. The first-order valence-corrected chi connectivity index (χ1v) is 5.67. The molecule has 0 spiro atoms. The number of amides is 1. The van der Waals surface area contributed by atoms with Crippen LogP contribution in [0.4, 0.5) is 0 Å². The van der Waals surface area contributed by atoms with E-state index < -0.39 is 0 Å². The molecule has 0 aliphatic heterocycles. The summed E-state index contributed by atoms with van der Waals surface area (Å²) in [7, 11) is 0. The van der Waals surface area contributed by atoms with Gasteiger partial charge in [0, 0.05) is 12.5 Å². The third kappa shape index (κ3) is 3.04. The Morgan fingerprint density at radius 1 is 1.12 bits per heavy atom. The highest BCUT2D eigenvalue weighted by Crippen LogP contribution is 2.16. The zero-order valence-electron chi connectivity index (χ0n) is 9.60. The second-order valence-corrected chi connectivity index (χ2v) is 4.32. The second kappa shape index (κ2) is 4.97. The molecule has 1 amide bonds. The zero-order valence-corrected chi connectivity index (χ0v) is 9.60. The summed E-state index contributed by atoms with van der Waals surface area (Å²) >= 11 is 0. The van der Waals surface area contributed by atoms with Gasteiger partial charge in [0.2, 0.25) is 5.91 Å². The third-order valence-electron chi connectivity index (χ3n) is 2.78. The van der Waals surface area contributed by atoms with Crippen molar-refractivity contribution < 1.29 is 4.79 Å². The van der Waals surface area contributed by atoms with Crippen LogP contribution in [0.2, 0.25) is 0 Å². The SMILES string of the molecule is NC(=O)C[C@@H](N)Cc1ccc2ccccc2c1. The zero-order chi connectivity index (χ0) is 12.3. The molecule has 17 heavy (non-hydrogen) atoms. The first-order chi connectivity index (χ1) is 8.15. The molecule has 0 aliphatic carbocycles. The second-order valence-electron chi connectivity index (χ2n) is 4.32. The van der Waals surface area contributed by atoms with Crippen LogP contribution in [0, 0.1) is 0 Å². The summed E-state index contributed by atoms with van der Waals surface area (Å²) in [5.41, 5.74) is 12.1. The molecule has 3 heteroatoms. The normalized spacial score (nSPS) is 12.5. The lowest BCUT2D eigenvalue weighted by Crippen LogP contribution is -2.29. The van der Waals surface area contributed by atoms with E-state index in [0.717, 1.165) is 5.56 Å². The van der Waals surface area contributed by atoms with Crippen molar-refractivity contribution in [2.75, 3.05) is 0 Å². The van der Waals surface area contributed by atoms with Gasteiger partial charge < -0.3 is 11.5 Å². The Morgan fingerprint density at radius 3 is 2.53 bits per heavy atom. The topological polar surface area (TPSA) is 69.1 Å². The van der Waals surface area contributed by atoms with Gasteiger partial charge >= 0.3 is 0 Å². The molecule has 0 unspecified atom stereocenters. The Morgan fingerprint density at radius 2 is 1.82 bits per heavy atom. The van der Waals surface area contributed by atoms with Gasteiger partial charge in [-0.1, -0.05) is 42.5 Å². The Bertz CT molecular complexity index is 536. The maximum atomic E-state index is 10.8. The van der Waals surface area contributed by atoms with Crippen molar-refractivity contribution in [1.29, 1.82) is 0 Å². The first kappa shape index (κ1) is 11.6. The lowest BCUT2D eigenvalue weighted by Gasteiger charge is -2.10. The Hall–Kier alpha value is -1.87. The van der Waals surface area contributed by atoms with E-state index >= 15 is 0 Å². The minimum atomic E-state index is -0.349. The number of fused-ring (bicyclic) bond motifs is 1. The number of nitrogens with two attached hydrogens (primary N) is 2. The van der Waals surface area contributed by atoms with Crippen molar-refractivity contribution in [2.45, 2.75) is 18.9 Å². The number of rotatable bonds is 4. The van der Waals surface area contributed by atoms with Gasteiger partial charge in [0.05, 0.1) is 0 Å². The molecule has 1 atom stereocenters. The van der Waals surface area contributed by atoms with Gasteiger partial charge in [0.25, 0.3) is 0 Å². The van der Waals surface area contributed by atoms with Crippen LogP contribution in [0.25, 0.3) is 10.8 Å². The number of primary amides is 1. The van der Waals surface area contributed by atoms with Crippen molar-refractivity contribution in [3.05, 3.63) is 48.0 Å². The predicted octanol–water partition coefficient (Wildman–Crippen LogP) is 1.58. The fraction of sp³-hybridized carbons (Fsp3) is 0.214. The van der Waals surface area contributed by atoms with Gasteiger partial charge in [0.15, 0.2) is 0 Å². The van der Waals surface area contributed by atoms with E-state index in [4.69, 9.17) is 11.5 Å². The summed E-state index contributed by atoms with van der Waals surface area (Å²) in [5, 5.41) is 2.40. The maximum absolute atomic E-state index is 10.8. The van der Waals surface area contributed by atoms with Crippen molar-refractivity contribution in [3.63, 3.8) is 0 Å². The van der Waals surface area contributed by atoms with Gasteiger partial charge in [-0.15, -0.1) is 0 Å². The van der Waals surface area contributed by atoms with Crippen LogP contribution in [0.3, 0.4) is 0 Å². The molecule has 0 saturated carbocycles. The third-order valence-corrected chi connectivity index (χ3v) is 2.78. The molecular weight excluding hydrogens is 212 g/mol. The monoisotopic (exact) mass is 228 g/mol. The molecule has 0 fully saturated rings. The molecule has 2 rings (SSSR count). The lowest BCUT2D eigenvalue weighted by molar-refractivity contribution is -0.118. The Balaban J connectivity index is 2.16. The number of carbonyl (C=O) groups is 1. The van der Waals surface area contributed by atoms with E-state index in [-0.39, 0.29) is 18.4 Å². The number of carbonyl (C=O) groups excluding carboxylic acids is 1. The molecule has 0 radical (unpaired) electrons. The van der Waals surface area contributed by atoms with E-state index in [1.165, 1.54) is 10.8 Å². The molecule has 3 nitrogen and oxygen atoms in total. The van der Waals surface area contributed by atoms with E-state index in [9.17, 15) is 4.79 Å². The van der Waals surface area contributed by atoms with Crippen LogP contribution in [0.1, 0.15) is 12.0 Å². The molecule has 0 aliphatic rings. The van der Waals surface area contributed by atoms with E-state index in [1.54, 1.807) is 0 Å². The first-order valence-electron chi connectivity index (χ1n) is 5.67. The standard InChI is InChI=1S/C14H16N2O/c15-13(9-14(16)17)8-10-5-6-11-3-1-2-4-12(11)7-10/h1-7,13H,8-9,15H2,(H2,16,17)/t13-/m0/s1. The molecule has 0 saturated heterocycles. The smallest absolute Gasteiger partial charge is 0.218 e. The summed E-state index contributed by atoms with van der Waals surface area (Å²) in [5.74, 6) is -0.349. The van der Waals surface area contributed by atoms with Crippen molar-refractivity contribution in [1.82, 2.24) is 0 Å². The largest absolute Gasteiger partial charge is 0.370 e. The van der Waals surface area contributed by atoms with Gasteiger partial charge in [-0.3, -0.25) is 4.79 Å². The van der Waals surface area contributed by atoms with E-state index in [2.05, 4.69) is 24.3 Å². The number of benzene rings is 2. The summed E-state index contributed by atoms with van der Waals surface area (Å²) in [6.07, 6.45) is 0.903. The molecule has 0 bridgehead atoms. The van der Waals surface area contributed by atoms with E-state index in [0.29, 0.717) is 6.42 Å². The Kier molecular flexibility index (Phi) is 3.40. The van der Waals surface area contributed by atoms with Crippen molar-refractivity contribution in [2.24, 2.45) is 11.5 Å². The van der Waals surface area contributed by atoms with Gasteiger partial charge in [-0.25, -0.2) is 0 Å². The molecule has 4 N–H and O–H groups in total. The minimum Gasteiger partial charge on any atom is -0.370 e. The summed E-state index contributed by atoms with van der Waals surface area (Å²) in [6.45, 7) is 0. The highest BCUT2D eigenvalue weighted by atomic mass is 16.1. The number of hydrogen-bond donors (Lipinski definition) is 2. The molecule has 2 aromatic carbocycles. The highest BCUT2D eigenvalue weighted by Gasteiger charge is 2.07. The van der Waals surface area contributed by atoms with Crippen LogP contribution < -0.4 is 11.5 Å². The summed E-state index contributed by atoms with van der Waals surface area (Å²) < 4.78 is 0. The average molecular weight is 228 g/mol. The van der Waals surface area contributed by atoms with E-state index in [1.807, 2.05) is 18.2 Å². The quantitative estimate of drug-likeness (QED) is 0.834.